The van der Waals surface area contributed by atoms with Crippen LogP contribution in [0.5, 0.6) is 0 Å². The maximum absolute atomic E-state index is 11.7. The first-order valence-corrected chi connectivity index (χ1v) is 7.67. The third kappa shape index (κ3) is 4.27. The maximum atomic E-state index is 11.7. The lowest BCUT2D eigenvalue weighted by atomic mass is 10.00. The molecule has 104 valence electrons. The smallest absolute Gasteiger partial charge is 0.220 e. The second-order valence-electron chi connectivity index (χ2n) is 6.25. The summed E-state index contributed by atoms with van der Waals surface area (Å²) in [7, 11) is 0. The van der Waals surface area contributed by atoms with E-state index in [1.165, 1.54) is 32.1 Å². The molecule has 0 unspecified atom stereocenters. The Bertz CT molecular complexity index is 266. The quantitative estimate of drug-likeness (QED) is 0.764. The predicted molar refractivity (Wildman–Crippen MR) is 72.2 cm³/mol. The minimum atomic E-state index is -0.610. The molecule has 0 radical (unpaired) electrons. The molecule has 1 amide bonds. The zero-order valence-corrected chi connectivity index (χ0v) is 11.4. The summed E-state index contributed by atoms with van der Waals surface area (Å²) in [5, 5.41) is 13.0. The molecule has 2 rings (SSSR count). The third-order valence-corrected chi connectivity index (χ3v) is 4.64. The van der Waals surface area contributed by atoms with E-state index in [4.69, 9.17) is 0 Å². The molecule has 18 heavy (non-hydrogen) atoms. The van der Waals surface area contributed by atoms with E-state index in [0.29, 0.717) is 13.0 Å². The largest absolute Gasteiger partial charge is 0.388 e. The van der Waals surface area contributed by atoms with Crippen molar-refractivity contribution < 1.29 is 9.90 Å². The SMILES string of the molecule is O=C(CCCC1CCCC1)NCC1(O)CCCC1. The molecular formula is C15H27NO2. The Kier molecular flexibility index (Phi) is 5.04. The highest BCUT2D eigenvalue weighted by Crippen LogP contribution is 2.29. The van der Waals surface area contributed by atoms with Gasteiger partial charge in [0.1, 0.15) is 0 Å². The summed E-state index contributed by atoms with van der Waals surface area (Å²) in [6.07, 6.45) is 12.2. The molecule has 2 aliphatic carbocycles. The molecule has 0 aromatic carbocycles. The van der Waals surface area contributed by atoms with Crippen LogP contribution >= 0.6 is 0 Å². The van der Waals surface area contributed by atoms with Crippen molar-refractivity contribution in [2.75, 3.05) is 6.54 Å². The van der Waals surface area contributed by atoms with Gasteiger partial charge >= 0.3 is 0 Å². The summed E-state index contributed by atoms with van der Waals surface area (Å²) < 4.78 is 0. The topological polar surface area (TPSA) is 49.3 Å². The number of nitrogens with one attached hydrogen (secondary N) is 1. The van der Waals surface area contributed by atoms with Gasteiger partial charge in [0, 0.05) is 13.0 Å². The van der Waals surface area contributed by atoms with Gasteiger partial charge in [0.25, 0.3) is 0 Å². The van der Waals surface area contributed by atoms with Crippen LogP contribution in [0.3, 0.4) is 0 Å². The normalized spacial score (nSPS) is 23.4. The molecule has 0 heterocycles. The van der Waals surface area contributed by atoms with Crippen LogP contribution in [-0.4, -0.2) is 23.2 Å². The zero-order chi connectivity index (χ0) is 12.8. The van der Waals surface area contributed by atoms with E-state index in [2.05, 4.69) is 5.32 Å². The Balaban J connectivity index is 1.54. The summed E-state index contributed by atoms with van der Waals surface area (Å²) in [5.74, 6) is 0.991. The minimum absolute atomic E-state index is 0.119. The fraction of sp³-hybridized carbons (Fsp3) is 0.933. The third-order valence-electron chi connectivity index (χ3n) is 4.64. The van der Waals surface area contributed by atoms with Crippen molar-refractivity contribution in [1.29, 1.82) is 0 Å². The average molecular weight is 253 g/mol. The summed E-state index contributed by atoms with van der Waals surface area (Å²) in [4.78, 5) is 11.7. The molecule has 2 fully saturated rings. The van der Waals surface area contributed by atoms with Crippen molar-refractivity contribution in [3.05, 3.63) is 0 Å². The van der Waals surface area contributed by atoms with Gasteiger partial charge in [0.2, 0.25) is 5.91 Å². The van der Waals surface area contributed by atoms with Crippen LogP contribution in [0.1, 0.15) is 70.6 Å². The van der Waals surface area contributed by atoms with Gasteiger partial charge in [0.05, 0.1) is 5.60 Å². The van der Waals surface area contributed by atoms with Crippen LogP contribution in [0.15, 0.2) is 0 Å². The number of carbonyl (C=O) groups is 1. The number of rotatable bonds is 6. The molecule has 0 atom stereocenters. The van der Waals surface area contributed by atoms with E-state index >= 15 is 0 Å². The molecule has 3 nitrogen and oxygen atoms in total. The van der Waals surface area contributed by atoms with E-state index in [1.54, 1.807) is 0 Å². The molecule has 0 aliphatic heterocycles. The lowest BCUT2D eigenvalue weighted by Gasteiger charge is -2.22. The van der Waals surface area contributed by atoms with E-state index in [-0.39, 0.29) is 5.91 Å². The highest BCUT2D eigenvalue weighted by Gasteiger charge is 2.31. The highest BCUT2D eigenvalue weighted by molar-refractivity contribution is 5.75. The summed E-state index contributed by atoms with van der Waals surface area (Å²) in [5.41, 5.74) is -0.610. The average Bonchev–Trinajstić information content (AvgIpc) is 2.99. The molecule has 0 bridgehead atoms. The molecule has 2 aliphatic rings. The second kappa shape index (κ2) is 6.55. The van der Waals surface area contributed by atoms with Crippen molar-refractivity contribution in [3.8, 4) is 0 Å². The minimum Gasteiger partial charge on any atom is -0.388 e. The maximum Gasteiger partial charge on any atom is 0.220 e. The number of hydrogen-bond donors (Lipinski definition) is 2. The first-order valence-electron chi connectivity index (χ1n) is 7.67. The Morgan fingerprint density at radius 3 is 2.50 bits per heavy atom. The van der Waals surface area contributed by atoms with Gasteiger partial charge in [-0.25, -0.2) is 0 Å². The number of hydrogen-bond acceptors (Lipinski definition) is 2. The van der Waals surface area contributed by atoms with E-state index in [9.17, 15) is 9.90 Å². The van der Waals surface area contributed by atoms with Crippen molar-refractivity contribution in [2.45, 2.75) is 76.2 Å². The summed E-state index contributed by atoms with van der Waals surface area (Å²) >= 11 is 0. The summed E-state index contributed by atoms with van der Waals surface area (Å²) in [6.45, 7) is 0.454. The molecule has 2 N–H and O–H groups in total. The van der Waals surface area contributed by atoms with Gasteiger partial charge in [-0.2, -0.15) is 0 Å². The molecule has 0 aromatic rings. The Morgan fingerprint density at radius 2 is 1.83 bits per heavy atom. The number of aliphatic hydroxyl groups is 1. The fourth-order valence-electron chi connectivity index (χ4n) is 3.41. The van der Waals surface area contributed by atoms with Crippen LogP contribution in [0.25, 0.3) is 0 Å². The van der Waals surface area contributed by atoms with Crippen LogP contribution in [0, 0.1) is 5.92 Å². The molecule has 0 spiro atoms. The van der Waals surface area contributed by atoms with Gasteiger partial charge in [0.15, 0.2) is 0 Å². The lowest BCUT2D eigenvalue weighted by molar-refractivity contribution is -0.122. The highest BCUT2D eigenvalue weighted by atomic mass is 16.3. The Morgan fingerprint density at radius 1 is 1.17 bits per heavy atom. The zero-order valence-electron chi connectivity index (χ0n) is 11.4. The van der Waals surface area contributed by atoms with E-state index in [1.807, 2.05) is 0 Å². The van der Waals surface area contributed by atoms with Crippen molar-refractivity contribution in [2.24, 2.45) is 5.92 Å². The van der Waals surface area contributed by atoms with Crippen LogP contribution in [0.2, 0.25) is 0 Å². The summed E-state index contributed by atoms with van der Waals surface area (Å²) in [6, 6.07) is 0. The van der Waals surface area contributed by atoms with E-state index in [0.717, 1.165) is 38.0 Å². The predicted octanol–water partition coefficient (Wildman–Crippen LogP) is 2.77. The van der Waals surface area contributed by atoms with E-state index < -0.39 is 5.60 Å². The molecule has 0 saturated heterocycles. The van der Waals surface area contributed by atoms with Gasteiger partial charge < -0.3 is 10.4 Å². The molecule has 0 aromatic heterocycles. The second-order valence-corrected chi connectivity index (χ2v) is 6.25. The first-order chi connectivity index (χ1) is 8.68. The van der Waals surface area contributed by atoms with Gasteiger partial charge in [-0.15, -0.1) is 0 Å². The number of amides is 1. The Hall–Kier alpha value is -0.570. The van der Waals surface area contributed by atoms with Gasteiger partial charge in [-0.3, -0.25) is 4.79 Å². The molecular weight excluding hydrogens is 226 g/mol. The van der Waals surface area contributed by atoms with Gasteiger partial charge in [-0.05, 0) is 31.6 Å². The number of carbonyl (C=O) groups excluding carboxylic acids is 1. The van der Waals surface area contributed by atoms with Crippen LogP contribution in [0.4, 0.5) is 0 Å². The molecule has 3 heteroatoms. The van der Waals surface area contributed by atoms with Crippen molar-refractivity contribution in [3.63, 3.8) is 0 Å². The standard InChI is InChI=1S/C15H27NO2/c17-14(9-5-8-13-6-1-2-7-13)16-12-15(18)10-3-4-11-15/h13,18H,1-12H2,(H,16,17). The first kappa shape index (κ1) is 13.9. The van der Waals surface area contributed by atoms with Gasteiger partial charge in [-0.1, -0.05) is 38.5 Å². The molecule has 2 saturated carbocycles. The fourth-order valence-corrected chi connectivity index (χ4v) is 3.41. The van der Waals surface area contributed by atoms with Crippen molar-refractivity contribution in [1.82, 2.24) is 5.32 Å². The van der Waals surface area contributed by atoms with Crippen LogP contribution in [-0.2, 0) is 4.79 Å². The Labute approximate surface area is 110 Å². The van der Waals surface area contributed by atoms with Crippen LogP contribution < -0.4 is 5.32 Å². The monoisotopic (exact) mass is 253 g/mol. The van der Waals surface area contributed by atoms with Crippen molar-refractivity contribution >= 4 is 5.91 Å². The lowest BCUT2D eigenvalue weighted by Crippen LogP contribution is -2.40.